The number of anilines is 1. The summed E-state index contributed by atoms with van der Waals surface area (Å²) in [5.41, 5.74) is 8.68. The predicted molar refractivity (Wildman–Crippen MR) is 67.6 cm³/mol. The van der Waals surface area contributed by atoms with E-state index in [9.17, 15) is 0 Å². The normalized spacial score (nSPS) is 11.7. The highest BCUT2D eigenvalue weighted by atomic mass is 15.1. The van der Waals surface area contributed by atoms with Gasteiger partial charge in [-0.15, -0.1) is 0 Å². The van der Waals surface area contributed by atoms with Crippen LogP contribution in [0.5, 0.6) is 0 Å². The highest BCUT2D eigenvalue weighted by molar-refractivity contribution is 5.97. The summed E-state index contributed by atoms with van der Waals surface area (Å²) in [6.07, 6.45) is 3.33. The van der Waals surface area contributed by atoms with E-state index < -0.39 is 0 Å². The lowest BCUT2D eigenvalue weighted by Gasteiger charge is -2.08. The minimum absolute atomic E-state index is 0.372. The molecule has 0 radical (unpaired) electrons. The number of fused-ring (bicyclic) bond motifs is 2. The van der Waals surface area contributed by atoms with Gasteiger partial charge in [-0.2, -0.15) is 0 Å². The number of imidazole rings is 1. The molecule has 0 amide bonds. The van der Waals surface area contributed by atoms with Crippen molar-refractivity contribution >= 4 is 27.8 Å². The molecule has 0 bridgehead atoms. The van der Waals surface area contributed by atoms with Crippen LogP contribution in [0.25, 0.3) is 21.9 Å². The summed E-state index contributed by atoms with van der Waals surface area (Å²) in [6.45, 7) is 4.25. The van der Waals surface area contributed by atoms with E-state index >= 15 is 0 Å². The van der Waals surface area contributed by atoms with E-state index in [-0.39, 0.29) is 0 Å². The predicted octanol–water partition coefficient (Wildman–Crippen LogP) is 2.14. The van der Waals surface area contributed by atoms with Crippen LogP contribution >= 0.6 is 0 Å². The van der Waals surface area contributed by atoms with Gasteiger partial charge in [-0.25, -0.2) is 15.0 Å². The Kier molecular flexibility index (Phi) is 2.01. The second kappa shape index (κ2) is 3.41. The van der Waals surface area contributed by atoms with Crippen molar-refractivity contribution in [3.05, 3.63) is 24.8 Å². The number of hydrogen-bond acceptors (Lipinski definition) is 4. The van der Waals surface area contributed by atoms with Crippen LogP contribution in [0.15, 0.2) is 24.8 Å². The molecule has 0 saturated carbocycles. The molecule has 3 aromatic rings. The van der Waals surface area contributed by atoms with E-state index in [1.165, 1.54) is 6.33 Å². The summed E-state index contributed by atoms with van der Waals surface area (Å²) in [5, 5.41) is 0.856. The van der Waals surface area contributed by atoms with Crippen LogP contribution in [0, 0.1) is 0 Å². The molecule has 0 fully saturated rings. The van der Waals surface area contributed by atoms with Crippen molar-refractivity contribution in [1.82, 2.24) is 19.5 Å². The van der Waals surface area contributed by atoms with Gasteiger partial charge >= 0.3 is 0 Å². The summed E-state index contributed by atoms with van der Waals surface area (Å²) < 4.78 is 2.12. The van der Waals surface area contributed by atoms with Crippen LogP contribution in [-0.4, -0.2) is 19.5 Å². The first kappa shape index (κ1) is 10.0. The Morgan fingerprint density at radius 2 is 1.94 bits per heavy atom. The number of nitrogen functional groups attached to an aromatic ring is 1. The average Bonchev–Trinajstić information content (AvgIpc) is 2.70. The van der Waals surface area contributed by atoms with Crippen molar-refractivity contribution in [1.29, 1.82) is 0 Å². The lowest BCUT2D eigenvalue weighted by Crippen LogP contribution is -1.98. The van der Waals surface area contributed by atoms with Crippen LogP contribution in [0.1, 0.15) is 19.9 Å². The first-order chi connectivity index (χ1) is 8.16. The fourth-order valence-electron chi connectivity index (χ4n) is 2.01. The van der Waals surface area contributed by atoms with Gasteiger partial charge in [-0.3, -0.25) is 0 Å². The summed E-state index contributed by atoms with van der Waals surface area (Å²) in [6, 6.07) is 4.32. The third-order valence-corrected chi connectivity index (χ3v) is 2.92. The van der Waals surface area contributed by atoms with Gasteiger partial charge in [0.25, 0.3) is 0 Å². The molecule has 0 saturated heterocycles. The first-order valence-corrected chi connectivity index (χ1v) is 5.53. The second-order valence-electron chi connectivity index (χ2n) is 4.36. The number of nitrogens with zero attached hydrogens (tertiary/aromatic N) is 4. The zero-order valence-electron chi connectivity index (χ0n) is 9.75. The van der Waals surface area contributed by atoms with Gasteiger partial charge in [0.05, 0.1) is 22.9 Å². The van der Waals surface area contributed by atoms with Crippen LogP contribution in [0.2, 0.25) is 0 Å². The minimum atomic E-state index is 0.372. The third kappa shape index (κ3) is 1.43. The van der Waals surface area contributed by atoms with Gasteiger partial charge < -0.3 is 10.3 Å². The second-order valence-corrected chi connectivity index (χ2v) is 4.36. The Labute approximate surface area is 98.3 Å². The smallest absolute Gasteiger partial charge is 0.134 e. The first-order valence-electron chi connectivity index (χ1n) is 5.53. The summed E-state index contributed by atoms with van der Waals surface area (Å²) in [7, 11) is 0. The summed E-state index contributed by atoms with van der Waals surface area (Å²) in [4.78, 5) is 12.6. The molecule has 0 aliphatic heterocycles. The molecular formula is C12H13N5. The van der Waals surface area contributed by atoms with Gasteiger partial charge in [-0.1, -0.05) is 0 Å². The van der Waals surface area contributed by atoms with Gasteiger partial charge in [0.15, 0.2) is 0 Å². The molecule has 5 heteroatoms. The number of benzene rings is 1. The zero-order chi connectivity index (χ0) is 12.0. The molecule has 0 unspecified atom stereocenters. The van der Waals surface area contributed by atoms with E-state index in [0.717, 1.165) is 21.9 Å². The molecule has 17 heavy (non-hydrogen) atoms. The fourth-order valence-corrected chi connectivity index (χ4v) is 2.01. The monoisotopic (exact) mass is 227 g/mol. The maximum atomic E-state index is 5.83. The Hall–Kier alpha value is -2.17. The Morgan fingerprint density at radius 3 is 2.71 bits per heavy atom. The third-order valence-electron chi connectivity index (χ3n) is 2.92. The van der Waals surface area contributed by atoms with Crippen LogP contribution in [-0.2, 0) is 0 Å². The molecule has 1 aromatic carbocycles. The Balaban J connectivity index is 2.42. The van der Waals surface area contributed by atoms with Gasteiger partial charge in [0.2, 0.25) is 0 Å². The fraction of sp³-hybridized carbons (Fsp3) is 0.250. The summed E-state index contributed by atoms with van der Waals surface area (Å²) in [5.74, 6) is 0.496. The van der Waals surface area contributed by atoms with Gasteiger partial charge in [-0.05, 0) is 26.0 Å². The van der Waals surface area contributed by atoms with E-state index in [2.05, 4.69) is 33.4 Å². The van der Waals surface area contributed by atoms with E-state index in [1.54, 1.807) is 0 Å². The van der Waals surface area contributed by atoms with Crippen molar-refractivity contribution in [3.8, 4) is 0 Å². The molecular weight excluding hydrogens is 214 g/mol. The maximum Gasteiger partial charge on any atom is 0.134 e. The molecule has 2 N–H and O–H groups in total. The van der Waals surface area contributed by atoms with Crippen molar-refractivity contribution in [2.45, 2.75) is 19.9 Å². The van der Waals surface area contributed by atoms with Gasteiger partial charge in [0, 0.05) is 11.4 Å². The molecule has 2 aromatic heterocycles. The van der Waals surface area contributed by atoms with Crippen LogP contribution in [0.4, 0.5) is 5.82 Å². The van der Waals surface area contributed by atoms with Crippen LogP contribution < -0.4 is 5.73 Å². The topological polar surface area (TPSA) is 69.6 Å². The molecule has 0 atom stereocenters. The van der Waals surface area contributed by atoms with Crippen molar-refractivity contribution in [3.63, 3.8) is 0 Å². The molecule has 2 heterocycles. The summed E-state index contributed by atoms with van der Waals surface area (Å²) >= 11 is 0. The number of hydrogen-bond donors (Lipinski definition) is 1. The minimum Gasteiger partial charge on any atom is -0.383 e. The van der Waals surface area contributed by atoms with Crippen LogP contribution in [0.3, 0.4) is 0 Å². The maximum absolute atomic E-state index is 5.83. The molecule has 0 spiro atoms. The number of aromatic nitrogens is 4. The van der Waals surface area contributed by atoms with Crippen molar-refractivity contribution in [2.75, 3.05) is 5.73 Å². The highest BCUT2D eigenvalue weighted by Crippen LogP contribution is 2.24. The molecule has 86 valence electrons. The van der Waals surface area contributed by atoms with E-state index in [1.807, 2.05) is 18.5 Å². The SMILES string of the molecule is CC(C)n1cnc2cc3c(N)ncnc3cc21. The quantitative estimate of drug-likeness (QED) is 0.691. The zero-order valence-corrected chi connectivity index (χ0v) is 9.75. The molecule has 0 aliphatic carbocycles. The Morgan fingerprint density at radius 1 is 1.12 bits per heavy atom. The average molecular weight is 227 g/mol. The number of nitrogens with two attached hydrogens (primary N) is 1. The lowest BCUT2D eigenvalue weighted by atomic mass is 10.2. The largest absolute Gasteiger partial charge is 0.383 e. The lowest BCUT2D eigenvalue weighted by molar-refractivity contribution is 0.617. The standard InChI is InChI=1S/C12H13N5/c1-7(2)17-6-16-10-3-8-9(4-11(10)17)14-5-15-12(8)13/h3-7H,1-2H3,(H2,13,14,15). The van der Waals surface area contributed by atoms with Crippen molar-refractivity contribution in [2.24, 2.45) is 0 Å². The molecule has 3 rings (SSSR count). The van der Waals surface area contributed by atoms with E-state index in [0.29, 0.717) is 11.9 Å². The Bertz CT molecular complexity index is 699. The van der Waals surface area contributed by atoms with E-state index in [4.69, 9.17) is 5.73 Å². The number of rotatable bonds is 1. The van der Waals surface area contributed by atoms with Gasteiger partial charge in [0.1, 0.15) is 12.1 Å². The molecule has 5 nitrogen and oxygen atoms in total. The van der Waals surface area contributed by atoms with Crippen molar-refractivity contribution < 1.29 is 0 Å². The molecule has 0 aliphatic rings. The highest BCUT2D eigenvalue weighted by Gasteiger charge is 2.09.